The first-order valence-corrected chi connectivity index (χ1v) is 0. The molecule has 0 amide bonds. The third kappa shape index (κ3) is 502. The Morgan fingerprint density at radius 3 is 0.364 bits per heavy atom. The van der Waals surface area contributed by atoms with E-state index in [1.54, 1.807) is 0 Å². The Balaban J connectivity index is 0. The summed E-state index contributed by atoms with van der Waals surface area (Å²) in [4.78, 5) is 0. The predicted molar refractivity (Wildman–Crippen MR) is 15.5 cm³/mol. The molecule has 2 radical (unpaired) electrons. The van der Waals surface area contributed by atoms with E-state index < -0.39 is 0 Å². The van der Waals surface area contributed by atoms with Crippen molar-refractivity contribution >= 4 is 0 Å². The second-order valence-electron chi connectivity index (χ2n) is 0. The molecule has 0 aliphatic rings. The summed E-state index contributed by atoms with van der Waals surface area (Å²) in [6.45, 7) is 0. The van der Waals surface area contributed by atoms with E-state index in [9.17, 15) is 0 Å². The Morgan fingerprint density at radius 1 is 0.364 bits per heavy atom. The van der Waals surface area contributed by atoms with Gasteiger partial charge in [0.1, 0.15) is 0 Å². The fraction of sp³-hybridized carbons (Fsp3) is 0. The van der Waals surface area contributed by atoms with Crippen LogP contribution in [0.4, 0.5) is 0 Å². The molecule has 0 aromatic heterocycles. The van der Waals surface area contributed by atoms with Crippen LogP contribution in [0, 0.1) is 0 Å². The van der Waals surface area contributed by atoms with Crippen LogP contribution in [-0.4, -0.2) is 43.8 Å². The monoisotopic (exact) mass is 298 g/mol. The van der Waals surface area contributed by atoms with E-state index in [4.69, 9.17) is 0 Å². The van der Waals surface area contributed by atoms with Crippen LogP contribution >= 0.6 is 0 Å². The molecule has 0 heterocycles. The van der Waals surface area contributed by atoms with Crippen molar-refractivity contribution in [2.24, 2.45) is 0 Å². The fourth-order valence-electron chi connectivity index (χ4n) is 0. The van der Waals surface area contributed by atoms with E-state index >= 15 is 0 Å². The molecule has 0 bridgehead atoms. The minimum atomic E-state index is 0. The van der Waals surface area contributed by atoms with E-state index in [0.29, 0.717) is 0 Å². The first kappa shape index (κ1) is 803. The van der Waals surface area contributed by atoms with Gasteiger partial charge in [0.15, 0.2) is 0 Å². The summed E-state index contributed by atoms with van der Waals surface area (Å²) in [6.07, 6.45) is 0. The average Bonchev–Trinajstić information content (AvgIpc) is 0. The molecule has 11 heteroatoms. The molecule has 0 aromatic rings. The first-order chi connectivity index (χ1) is 0. The van der Waals surface area contributed by atoms with Crippen LogP contribution in [0.25, 0.3) is 0 Å². The van der Waals surface area contributed by atoms with Crippen LogP contribution in [0.15, 0.2) is 0 Å². The van der Waals surface area contributed by atoms with Gasteiger partial charge in [-0.15, -0.1) is 0 Å². The minimum absolute atomic E-state index is 0. The molecule has 8 nitrogen and oxygen atoms in total. The van der Waals surface area contributed by atoms with Crippen LogP contribution in [0.3, 0.4) is 0 Å². The molecule has 76 valence electrons. The topological polar surface area (TPSA) is 240 Å². The number of hydrogen-bond donors (Lipinski definition) is 0. The van der Waals surface area contributed by atoms with Gasteiger partial charge in [0.2, 0.25) is 0 Å². The second-order valence-corrected chi connectivity index (χ2v) is 0. The normalized spacial score (nSPS) is 0. The Kier molecular flexibility index (Phi) is 44900. The van der Waals surface area contributed by atoms with Gasteiger partial charge in [-0.05, 0) is 0 Å². The molecule has 0 saturated carbocycles. The summed E-state index contributed by atoms with van der Waals surface area (Å²) in [6, 6.07) is 0. The summed E-state index contributed by atoms with van der Waals surface area (Å²) in [5.41, 5.74) is 0. The van der Waals surface area contributed by atoms with Crippen molar-refractivity contribution in [3.05, 3.63) is 0 Å². The van der Waals surface area contributed by atoms with Gasteiger partial charge < -0.3 is 43.8 Å². The van der Waals surface area contributed by atoms with Gasteiger partial charge >= 0.3 is 55.6 Å². The van der Waals surface area contributed by atoms with E-state index in [2.05, 4.69) is 0 Å². The maximum atomic E-state index is 0. The standard InChI is InChI=1S/Co.Mn.8H2O.Ti/h;;8*1H2;/q2*+2;;;;;;;;;+4/p-8. The molecule has 0 saturated heterocycles. The van der Waals surface area contributed by atoms with E-state index in [1.807, 2.05) is 0 Å². The van der Waals surface area contributed by atoms with Gasteiger partial charge in [0.05, 0.1) is 0 Å². The number of rotatable bonds is 0. The van der Waals surface area contributed by atoms with Crippen molar-refractivity contribution < 1.29 is 99.4 Å². The third-order valence-electron chi connectivity index (χ3n) is 0. The van der Waals surface area contributed by atoms with Crippen LogP contribution in [0.2, 0.25) is 0 Å². The summed E-state index contributed by atoms with van der Waals surface area (Å²) in [7, 11) is 0. The molecule has 0 aliphatic carbocycles. The summed E-state index contributed by atoms with van der Waals surface area (Å²) < 4.78 is 0. The maximum Gasteiger partial charge on any atom is 4.00 e. The van der Waals surface area contributed by atoms with Crippen molar-refractivity contribution in [3.63, 3.8) is 0 Å². The van der Waals surface area contributed by atoms with Crippen molar-refractivity contribution in [1.82, 2.24) is 0 Å². The quantitative estimate of drug-likeness (QED) is 0.478. The van der Waals surface area contributed by atoms with E-state index in [1.165, 1.54) is 0 Å². The smallest absolute Gasteiger partial charge is 0.870 e. The van der Waals surface area contributed by atoms with Gasteiger partial charge in [0, 0.05) is 0 Å². The Bertz CT molecular complexity index is 14.1. The summed E-state index contributed by atoms with van der Waals surface area (Å²) >= 11 is 0. The van der Waals surface area contributed by atoms with Gasteiger partial charge in [-0.2, -0.15) is 0 Å². The van der Waals surface area contributed by atoms with Gasteiger partial charge in [-0.25, -0.2) is 0 Å². The van der Waals surface area contributed by atoms with Crippen molar-refractivity contribution in [1.29, 1.82) is 0 Å². The van der Waals surface area contributed by atoms with Crippen LogP contribution < -0.4 is 0 Å². The molecule has 0 unspecified atom stereocenters. The van der Waals surface area contributed by atoms with Crippen LogP contribution in [0.1, 0.15) is 0 Å². The zero-order valence-electron chi connectivity index (χ0n) is 4.79. The molecule has 8 N–H and O–H groups in total. The van der Waals surface area contributed by atoms with Gasteiger partial charge in [-0.1, -0.05) is 0 Å². The molecule has 0 aromatic carbocycles. The summed E-state index contributed by atoms with van der Waals surface area (Å²) in [5, 5.41) is 0. The van der Waals surface area contributed by atoms with E-state index in [0.717, 1.165) is 0 Å². The third-order valence-corrected chi connectivity index (χ3v) is 0. The van der Waals surface area contributed by atoms with Crippen molar-refractivity contribution in [2.75, 3.05) is 0 Å². The molecular formula is H8CoMnO8Ti. The minimum Gasteiger partial charge on any atom is -0.870 e. The average molecular weight is 298 g/mol. The Morgan fingerprint density at radius 2 is 0.364 bits per heavy atom. The fourth-order valence-corrected chi connectivity index (χ4v) is 0. The molecule has 0 rings (SSSR count). The largest absolute Gasteiger partial charge is 4.00 e. The SMILES string of the molecule is [Co+2].[Mn+2].[OH-].[OH-].[OH-].[OH-].[OH-].[OH-].[OH-].[OH-].[Ti+4]. The summed E-state index contributed by atoms with van der Waals surface area (Å²) in [5.74, 6) is 0. The van der Waals surface area contributed by atoms with E-state index in [-0.39, 0.29) is 99.4 Å². The molecule has 11 heavy (non-hydrogen) atoms. The second kappa shape index (κ2) is 615. The molecule has 0 atom stereocenters. The molecular weight excluding hydrogens is 290 g/mol. The maximum absolute atomic E-state index is 0. The number of hydrogen-bond acceptors (Lipinski definition) is 8. The van der Waals surface area contributed by atoms with Crippen LogP contribution in [-0.2, 0) is 55.6 Å². The molecule has 0 fully saturated rings. The Labute approximate surface area is 99.1 Å². The predicted octanol–water partition coefficient (Wildman–Crippen LogP) is -1.42. The molecule has 0 aliphatic heterocycles. The van der Waals surface area contributed by atoms with Crippen molar-refractivity contribution in [2.45, 2.75) is 0 Å². The van der Waals surface area contributed by atoms with Gasteiger partial charge in [0.25, 0.3) is 0 Å². The van der Waals surface area contributed by atoms with Crippen LogP contribution in [0.5, 0.6) is 0 Å². The molecule has 0 spiro atoms. The zero-order chi connectivity index (χ0) is 0. The van der Waals surface area contributed by atoms with Gasteiger partial charge in [-0.3, -0.25) is 0 Å². The van der Waals surface area contributed by atoms with Crippen molar-refractivity contribution in [3.8, 4) is 0 Å². The Hall–Kier alpha value is 1.42. The first-order valence-electron chi connectivity index (χ1n) is 0. The zero-order valence-corrected chi connectivity index (χ0v) is 8.57.